The summed E-state index contributed by atoms with van der Waals surface area (Å²) in [5.74, 6) is 0.584. The Labute approximate surface area is 127 Å². The highest BCUT2D eigenvalue weighted by atomic mass is 16.1. The minimum absolute atomic E-state index is 0.0967. The average molecular weight is 290 g/mol. The smallest absolute Gasteiger partial charge is 0.269 e. The monoisotopic (exact) mass is 290 g/mol. The number of rotatable bonds is 6. The fourth-order valence-electron chi connectivity index (χ4n) is 2.81. The lowest BCUT2D eigenvalue weighted by Crippen LogP contribution is -2.39. The Morgan fingerprint density at radius 2 is 2.29 bits per heavy atom. The summed E-state index contributed by atoms with van der Waals surface area (Å²) < 4.78 is 0. The molecule has 0 radical (unpaired) electrons. The number of piperidine rings is 1. The van der Waals surface area contributed by atoms with Crippen LogP contribution in [-0.2, 0) is 0 Å². The molecule has 1 saturated heterocycles. The van der Waals surface area contributed by atoms with Gasteiger partial charge in [-0.1, -0.05) is 6.92 Å². The predicted octanol–water partition coefficient (Wildman–Crippen LogP) is 1.66. The van der Waals surface area contributed by atoms with Gasteiger partial charge in [-0.3, -0.25) is 9.78 Å². The Morgan fingerprint density at radius 3 is 3.05 bits per heavy atom. The summed E-state index contributed by atoms with van der Waals surface area (Å²) in [5, 5.41) is 6.23. The summed E-state index contributed by atoms with van der Waals surface area (Å²) >= 11 is 0. The quantitative estimate of drug-likeness (QED) is 0.836. The van der Waals surface area contributed by atoms with E-state index in [1.807, 2.05) is 19.1 Å². The Hall–Kier alpha value is -1.62. The molecule has 116 valence electrons. The van der Waals surface area contributed by atoms with Gasteiger partial charge in [0.25, 0.3) is 5.91 Å². The number of hydrogen-bond acceptors (Lipinski definition) is 4. The Bertz CT molecular complexity index is 463. The average Bonchev–Trinajstić information content (AvgIpc) is 2.53. The Balaban J connectivity index is 2.03. The molecule has 1 unspecified atom stereocenters. The van der Waals surface area contributed by atoms with Gasteiger partial charge in [0.1, 0.15) is 5.69 Å². The number of pyridine rings is 1. The zero-order valence-corrected chi connectivity index (χ0v) is 13.1. The molecule has 5 heteroatoms. The van der Waals surface area contributed by atoms with Crippen LogP contribution in [0, 0.1) is 5.92 Å². The molecule has 0 aliphatic carbocycles. The summed E-state index contributed by atoms with van der Waals surface area (Å²) in [4.78, 5) is 18.4. The van der Waals surface area contributed by atoms with E-state index in [0.29, 0.717) is 18.2 Å². The molecule has 1 fully saturated rings. The number of carbonyl (C=O) groups excluding carboxylic acids is 1. The van der Waals surface area contributed by atoms with Crippen LogP contribution < -0.4 is 15.5 Å². The molecular weight excluding hydrogens is 264 g/mol. The van der Waals surface area contributed by atoms with E-state index in [9.17, 15) is 4.79 Å². The molecule has 1 aromatic heterocycles. The molecule has 21 heavy (non-hydrogen) atoms. The summed E-state index contributed by atoms with van der Waals surface area (Å²) in [7, 11) is 0. The lowest BCUT2D eigenvalue weighted by Gasteiger charge is -2.34. The van der Waals surface area contributed by atoms with Gasteiger partial charge in [0, 0.05) is 31.5 Å². The van der Waals surface area contributed by atoms with Gasteiger partial charge in [-0.15, -0.1) is 0 Å². The first kappa shape index (κ1) is 15.8. The number of amides is 1. The van der Waals surface area contributed by atoms with Gasteiger partial charge >= 0.3 is 0 Å². The molecule has 0 bridgehead atoms. The van der Waals surface area contributed by atoms with E-state index in [1.54, 1.807) is 6.20 Å². The van der Waals surface area contributed by atoms with Crippen molar-refractivity contribution < 1.29 is 4.79 Å². The lowest BCUT2D eigenvalue weighted by molar-refractivity contribution is 0.0951. The Kier molecular flexibility index (Phi) is 5.99. The van der Waals surface area contributed by atoms with Crippen molar-refractivity contribution in [2.75, 3.05) is 37.6 Å². The lowest BCUT2D eigenvalue weighted by atomic mass is 9.97. The van der Waals surface area contributed by atoms with Crippen molar-refractivity contribution >= 4 is 11.6 Å². The molecule has 0 spiro atoms. The third kappa shape index (κ3) is 4.43. The molecule has 1 aliphatic heterocycles. The van der Waals surface area contributed by atoms with Gasteiger partial charge in [-0.05, 0) is 50.9 Å². The minimum atomic E-state index is -0.0967. The molecule has 2 heterocycles. The number of nitrogens with one attached hydrogen (secondary N) is 2. The standard InChI is InChI=1S/C16H26N4O/c1-3-17-11-13-6-5-9-20(12-13)14-7-8-19-15(10-14)16(21)18-4-2/h7-8,10,13,17H,3-6,9,11-12H2,1-2H3,(H,18,21). The van der Waals surface area contributed by atoms with Crippen LogP contribution in [0.5, 0.6) is 0 Å². The fraction of sp³-hybridized carbons (Fsp3) is 0.625. The van der Waals surface area contributed by atoms with Crippen molar-refractivity contribution in [1.82, 2.24) is 15.6 Å². The third-order valence-electron chi connectivity index (χ3n) is 3.88. The van der Waals surface area contributed by atoms with Gasteiger partial charge < -0.3 is 15.5 Å². The topological polar surface area (TPSA) is 57.3 Å². The number of anilines is 1. The zero-order chi connectivity index (χ0) is 15.1. The second-order valence-electron chi connectivity index (χ2n) is 5.52. The van der Waals surface area contributed by atoms with Gasteiger partial charge in [0.15, 0.2) is 0 Å². The zero-order valence-electron chi connectivity index (χ0n) is 13.1. The third-order valence-corrected chi connectivity index (χ3v) is 3.88. The van der Waals surface area contributed by atoms with Crippen molar-refractivity contribution in [3.05, 3.63) is 24.0 Å². The first-order valence-corrected chi connectivity index (χ1v) is 7.94. The van der Waals surface area contributed by atoms with Crippen molar-refractivity contribution in [2.45, 2.75) is 26.7 Å². The molecule has 2 rings (SSSR count). The summed E-state index contributed by atoms with van der Waals surface area (Å²) in [6.07, 6.45) is 4.21. The SMILES string of the molecule is CCNCC1CCCN(c2ccnc(C(=O)NCC)c2)C1. The maximum atomic E-state index is 11.9. The largest absolute Gasteiger partial charge is 0.371 e. The van der Waals surface area contributed by atoms with E-state index < -0.39 is 0 Å². The van der Waals surface area contributed by atoms with Gasteiger partial charge in [-0.2, -0.15) is 0 Å². The van der Waals surface area contributed by atoms with Crippen LogP contribution in [0.4, 0.5) is 5.69 Å². The summed E-state index contributed by atoms with van der Waals surface area (Å²) in [6.45, 7) is 8.88. The summed E-state index contributed by atoms with van der Waals surface area (Å²) in [5.41, 5.74) is 1.61. The predicted molar refractivity (Wildman–Crippen MR) is 85.7 cm³/mol. The second-order valence-corrected chi connectivity index (χ2v) is 5.52. The molecule has 2 N–H and O–H groups in total. The van der Waals surface area contributed by atoms with E-state index in [0.717, 1.165) is 31.9 Å². The maximum Gasteiger partial charge on any atom is 0.269 e. The number of hydrogen-bond donors (Lipinski definition) is 2. The van der Waals surface area contributed by atoms with Crippen molar-refractivity contribution in [3.8, 4) is 0 Å². The number of nitrogens with zero attached hydrogens (tertiary/aromatic N) is 2. The second kappa shape index (κ2) is 7.98. The van der Waals surface area contributed by atoms with Gasteiger partial charge in [-0.25, -0.2) is 0 Å². The molecule has 0 aromatic carbocycles. The highest BCUT2D eigenvalue weighted by Gasteiger charge is 2.20. The highest BCUT2D eigenvalue weighted by molar-refractivity contribution is 5.93. The molecule has 1 aromatic rings. The fourth-order valence-corrected chi connectivity index (χ4v) is 2.81. The molecule has 1 aliphatic rings. The highest BCUT2D eigenvalue weighted by Crippen LogP contribution is 2.23. The van der Waals surface area contributed by atoms with Crippen molar-refractivity contribution in [3.63, 3.8) is 0 Å². The normalized spacial score (nSPS) is 18.6. The van der Waals surface area contributed by atoms with Gasteiger partial charge in [0.2, 0.25) is 0 Å². The molecular formula is C16H26N4O. The van der Waals surface area contributed by atoms with Crippen LogP contribution in [0.25, 0.3) is 0 Å². The molecule has 1 amide bonds. The van der Waals surface area contributed by atoms with Crippen molar-refractivity contribution in [2.24, 2.45) is 5.92 Å². The van der Waals surface area contributed by atoms with E-state index in [2.05, 4.69) is 27.4 Å². The maximum absolute atomic E-state index is 11.9. The Morgan fingerprint density at radius 1 is 1.43 bits per heavy atom. The first-order valence-electron chi connectivity index (χ1n) is 7.94. The van der Waals surface area contributed by atoms with Crippen LogP contribution in [0.2, 0.25) is 0 Å². The molecule has 5 nitrogen and oxygen atoms in total. The number of carbonyl (C=O) groups is 1. The van der Waals surface area contributed by atoms with Crippen LogP contribution >= 0.6 is 0 Å². The van der Waals surface area contributed by atoms with E-state index in [-0.39, 0.29) is 5.91 Å². The van der Waals surface area contributed by atoms with Crippen LogP contribution in [0.3, 0.4) is 0 Å². The van der Waals surface area contributed by atoms with Crippen LogP contribution in [0.15, 0.2) is 18.3 Å². The minimum Gasteiger partial charge on any atom is -0.371 e. The van der Waals surface area contributed by atoms with Gasteiger partial charge in [0.05, 0.1) is 0 Å². The van der Waals surface area contributed by atoms with E-state index >= 15 is 0 Å². The first-order chi connectivity index (χ1) is 10.2. The number of aromatic nitrogens is 1. The molecule has 0 saturated carbocycles. The van der Waals surface area contributed by atoms with Crippen LogP contribution in [-0.4, -0.2) is 43.6 Å². The summed E-state index contributed by atoms with van der Waals surface area (Å²) in [6, 6.07) is 3.90. The van der Waals surface area contributed by atoms with E-state index in [4.69, 9.17) is 0 Å². The molecule has 1 atom stereocenters. The van der Waals surface area contributed by atoms with E-state index in [1.165, 1.54) is 12.8 Å². The van der Waals surface area contributed by atoms with Crippen molar-refractivity contribution in [1.29, 1.82) is 0 Å². The van der Waals surface area contributed by atoms with Crippen LogP contribution in [0.1, 0.15) is 37.2 Å².